The number of aryl methyl sites for hydroxylation is 1. The van der Waals surface area contributed by atoms with Crippen LogP contribution in [0.2, 0.25) is 0 Å². The molecule has 0 atom stereocenters. The summed E-state index contributed by atoms with van der Waals surface area (Å²) in [6.07, 6.45) is 1.80. The molecule has 0 amide bonds. The summed E-state index contributed by atoms with van der Waals surface area (Å²) in [5, 5.41) is 5.51. The largest absolute Gasteiger partial charge is 0.496 e. The van der Waals surface area contributed by atoms with Gasteiger partial charge in [-0.05, 0) is 57.0 Å². The summed E-state index contributed by atoms with van der Waals surface area (Å²) in [5.41, 5.74) is 8.56. The van der Waals surface area contributed by atoms with Crippen molar-refractivity contribution >= 4 is 39.0 Å². The summed E-state index contributed by atoms with van der Waals surface area (Å²) in [6.45, 7) is 12.5. The van der Waals surface area contributed by atoms with Gasteiger partial charge in [0.25, 0.3) is 0 Å². The molecule has 0 fully saturated rings. The van der Waals surface area contributed by atoms with Gasteiger partial charge in [0.2, 0.25) is 0 Å². The number of anilines is 1. The molecule has 0 aliphatic carbocycles. The average Bonchev–Trinajstić information content (AvgIpc) is 3.15. The lowest BCUT2D eigenvalue weighted by Crippen LogP contribution is -2.16. The van der Waals surface area contributed by atoms with Crippen molar-refractivity contribution in [2.75, 3.05) is 19.5 Å². The molecule has 4 rings (SSSR count). The van der Waals surface area contributed by atoms with E-state index in [4.69, 9.17) is 4.74 Å². The van der Waals surface area contributed by atoms with E-state index in [0.29, 0.717) is 0 Å². The molecular weight excluding hydrogens is 408 g/mol. The second-order valence-electron chi connectivity index (χ2n) is 8.47. The highest BCUT2D eigenvalue weighted by molar-refractivity contribution is 6.18. The van der Waals surface area contributed by atoms with Gasteiger partial charge in [-0.25, -0.2) is 4.98 Å². The quantitative estimate of drug-likeness (QED) is 0.203. The van der Waals surface area contributed by atoms with E-state index in [2.05, 4.69) is 71.9 Å². The fraction of sp³-hybridized carbons (Fsp3) is 0.214. The van der Waals surface area contributed by atoms with Gasteiger partial charge in [0.05, 0.1) is 18.0 Å². The molecule has 0 spiro atoms. The monoisotopic (exact) mass is 438 g/mol. The van der Waals surface area contributed by atoms with E-state index in [0.717, 1.165) is 67.0 Å². The van der Waals surface area contributed by atoms with Crippen LogP contribution in [0.5, 0.6) is 5.75 Å². The smallest absolute Gasteiger partial charge is 0.141 e. The Labute approximate surface area is 194 Å². The summed E-state index contributed by atoms with van der Waals surface area (Å²) in [6, 6.07) is 14.4. The first-order valence-corrected chi connectivity index (χ1v) is 11.0. The van der Waals surface area contributed by atoms with Crippen molar-refractivity contribution in [1.29, 1.82) is 0 Å². The lowest BCUT2D eigenvalue weighted by molar-refractivity contribution is 0.414. The molecule has 0 unspecified atom stereocenters. The van der Waals surface area contributed by atoms with Crippen molar-refractivity contribution < 1.29 is 4.74 Å². The number of aromatic amines is 1. The average molecular weight is 439 g/mol. The Morgan fingerprint density at radius 3 is 2.45 bits per heavy atom. The zero-order valence-electron chi connectivity index (χ0n) is 20.1. The summed E-state index contributed by atoms with van der Waals surface area (Å²) in [7, 11) is 3.50. The summed E-state index contributed by atoms with van der Waals surface area (Å²) in [4.78, 5) is 12.7. The molecule has 0 aliphatic rings. The number of hydrogen-bond acceptors (Lipinski definition) is 3. The zero-order chi connectivity index (χ0) is 23.7. The second kappa shape index (κ2) is 8.94. The minimum atomic E-state index is 0.750. The maximum absolute atomic E-state index is 5.83. The zero-order valence-corrected chi connectivity index (χ0v) is 20.1. The number of pyridine rings is 1. The number of aromatic nitrogens is 2. The van der Waals surface area contributed by atoms with E-state index in [1.807, 2.05) is 25.1 Å². The van der Waals surface area contributed by atoms with Gasteiger partial charge in [0, 0.05) is 35.3 Å². The molecule has 168 valence electrons. The van der Waals surface area contributed by atoms with Crippen LogP contribution in [-0.4, -0.2) is 30.0 Å². The van der Waals surface area contributed by atoms with Gasteiger partial charge < -0.3 is 15.0 Å². The number of H-pyrrole nitrogens is 1. The highest BCUT2D eigenvalue weighted by atomic mass is 16.5. The van der Waals surface area contributed by atoms with Gasteiger partial charge >= 0.3 is 0 Å². The van der Waals surface area contributed by atoms with E-state index >= 15 is 0 Å². The molecule has 2 aromatic carbocycles. The van der Waals surface area contributed by atoms with Crippen LogP contribution in [0, 0.1) is 6.92 Å². The van der Waals surface area contributed by atoms with Crippen LogP contribution in [-0.2, 0) is 0 Å². The van der Waals surface area contributed by atoms with Gasteiger partial charge in [-0.2, -0.15) is 0 Å². The number of rotatable bonds is 5. The third-order valence-electron chi connectivity index (χ3n) is 5.89. The molecule has 0 bridgehead atoms. The van der Waals surface area contributed by atoms with E-state index in [1.165, 1.54) is 5.57 Å². The maximum atomic E-state index is 5.83. The fourth-order valence-electron chi connectivity index (χ4n) is 4.45. The van der Waals surface area contributed by atoms with Gasteiger partial charge in [0.15, 0.2) is 0 Å². The number of allylic oxidation sites excluding steroid dienone is 3. The lowest BCUT2D eigenvalue weighted by Gasteiger charge is -2.15. The number of benzene rings is 2. The highest BCUT2D eigenvalue weighted by Crippen LogP contribution is 2.39. The Morgan fingerprint density at radius 2 is 1.82 bits per heavy atom. The summed E-state index contributed by atoms with van der Waals surface area (Å²) < 4.78 is 5.83. The van der Waals surface area contributed by atoms with Crippen LogP contribution in [0.4, 0.5) is 5.82 Å². The van der Waals surface area contributed by atoms with Gasteiger partial charge in [0.1, 0.15) is 17.4 Å². The molecule has 5 heteroatoms. The topological polar surface area (TPSA) is 62.3 Å². The Bertz CT molecular complexity index is 1440. The highest BCUT2D eigenvalue weighted by Gasteiger charge is 2.18. The molecule has 0 radical (unpaired) electrons. The molecule has 2 heterocycles. The molecule has 2 aromatic heterocycles. The first-order chi connectivity index (χ1) is 15.8. The summed E-state index contributed by atoms with van der Waals surface area (Å²) in [5.74, 6) is 2.33. The number of fused-ring (bicyclic) bond motifs is 3. The van der Waals surface area contributed by atoms with Gasteiger partial charge in [-0.3, -0.25) is 4.99 Å². The van der Waals surface area contributed by atoms with Crippen molar-refractivity contribution in [1.82, 2.24) is 9.97 Å². The third kappa shape index (κ3) is 4.02. The molecule has 0 saturated carbocycles. The van der Waals surface area contributed by atoms with Crippen LogP contribution in [0.15, 0.2) is 71.4 Å². The second-order valence-corrected chi connectivity index (χ2v) is 8.47. The number of amidine groups is 1. The molecular formula is C28H30N4O. The Morgan fingerprint density at radius 1 is 1.06 bits per heavy atom. The fourth-order valence-corrected chi connectivity index (χ4v) is 4.45. The molecule has 5 nitrogen and oxygen atoms in total. The third-order valence-corrected chi connectivity index (χ3v) is 5.89. The minimum absolute atomic E-state index is 0.750. The van der Waals surface area contributed by atoms with E-state index < -0.39 is 0 Å². The number of nitrogens with one attached hydrogen (secondary N) is 2. The number of hydrogen-bond donors (Lipinski definition) is 2. The van der Waals surface area contributed by atoms with Crippen LogP contribution < -0.4 is 10.1 Å². The lowest BCUT2D eigenvalue weighted by atomic mass is 9.94. The number of ether oxygens (including phenoxy) is 1. The van der Waals surface area contributed by atoms with E-state index in [9.17, 15) is 0 Å². The number of methoxy groups -OCH3 is 1. The normalized spacial score (nSPS) is 11.6. The summed E-state index contributed by atoms with van der Waals surface area (Å²) >= 11 is 0. The molecule has 0 saturated heterocycles. The van der Waals surface area contributed by atoms with E-state index in [1.54, 1.807) is 20.4 Å². The number of nitrogens with zero attached hydrogens (tertiary/aromatic N) is 2. The standard InChI is InChI=1S/C28H30N4O/c1-16(2)25(17(3)4)21-14-23-20(15-24(21)33-7)26-22(31-23)12-13-30-28(26)32-27(29-6)19-11-9-8-10-18(19)5/h8-15,31H,1H2,2-7H3,(H,29,30,32). The van der Waals surface area contributed by atoms with Crippen molar-refractivity contribution in [2.45, 2.75) is 27.7 Å². The van der Waals surface area contributed by atoms with Crippen molar-refractivity contribution in [3.8, 4) is 5.75 Å². The van der Waals surface area contributed by atoms with Crippen molar-refractivity contribution in [2.24, 2.45) is 4.99 Å². The molecule has 33 heavy (non-hydrogen) atoms. The SMILES string of the molecule is C=C(C)C(=C(C)C)c1cc2[nH]c3ccnc(NC(=NC)c4ccccc4C)c3c2cc1OC. The molecule has 4 aromatic rings. The molecule has 0 aliphatic heterocycles. The van der Waals surface area contributed by atoms with E-state index in [-0.39, 0.29) is 0 Å². The van der Waals surface area contributed by atoms with Crippen molar-refractivity contribution in [3.05, 3.63) is 83.1 Å². The van der Waals surface area contributed by atoms with Crippen molar-refractivity contribution in [3.63, 3.8) is 0 Å². The first-order valence-electron chi connectivity index (χ1n) is 11.0. The Balaban J connectivity index is 1.92. The predicted octanol–water partition coefficient (Wildman–Crippen LogP) is 6.89. The number of aliphatic imine (C=N–C) groups is 1. The minimum Gasteiger partial charge on any atom is -0.496 e. The van der Waals surface area contributed by atoms with Crippen LogP contribution in [0.25, 0.3) is 27.4 Å². The van der Waals surface area contributed by atoms with Crippen LogP contribution in [0.1, 0.15) is 37.5 Å². The van der Waals surface area contributed by atoms with Gasteiger partial charge in [-0.15, -0.1) is 0 Å². The molecule has 2 N–H and O–H groups in total. The van der Waals surface area contributed by atoms with Crippen LogP contribution >= 0.6 is 0 Å². The Kier molecular flexibility index (Phi) is 6.05. The van der Waals surface area contributed by atoms with Gasteiger partial charge in [-0.1, -0.05) is 42.0 Å². The van der Waals surface area contributed by atoms with Crippen LogP contribution in [0.3, 0.4) is 0 Å². The predicted molar refractivity (Wildman–Crippen MR) is 140 cm³/mol. The maximum Gasteiger partial charge on any atom is 0.141 e. The first kappa shape index (κ1) is 22.3. The Hall–Kier alpha value is -3.86.